The third-order valence-electron chi connectivity index (χ3n) is 4.80. The number of nitrogens with zero attached hydrogens (tertiary/aromatic N) is 1. The van der Waals surface area contributed by atoms with Crippen molar-refractivity contribution >= 4 is 40.6 Å². The Balaban J connectivity index is 1.79. The maximum absolute atomic E-state index is 13.0. The SMILES string of the molecule is CC(=O)NC(C)[S+]([O-])C1(Cl)CC2CC(=O)N2C1C(=O)OCc1ccccc1. The molecule has 5 atom stereocenters. The second kappa shape index (κ2) is 7.69. The first-order valence-electron chi connectivity index (χ1n) is 8.62. The van der Waals surface area contributed by atoms with E-state index in [1.807, 2.05) is 30.3 Å². The molecule has 7 nitrogen and oxygen atoms in total. The summed E-state index contributed by atoms with van der Waals surface area (Å²) >= 11 is 4.89. The van der Waals surface area contributed by atoms with Crippen LogP contribution in [0.2, 0.25) is 0 Å². The topological polar surface area (TPSA) is 98.8 Å². The number of carbonyl (C=O) groups excluding carboxylic acids is 3. The molecule has 9 heteroatoms. The van der Waals surface area contributed by atoms with Gasteiger partial charge in [-0.25, -0.2) is 4.79 Å². The molecule has 2 heterocycles. The zero-order valence-electron chi connectivity index (χ0n) is 15.0. The molecule has 2 amide bonds. The molecule has 0 bridgehead atoms. The van der Waals surface area contributed by atoms with Crippen LogP contribution in [0.1, 0.15) is 32.3 Å². The van der Waals surface area contributed by atoms with E-state index in [0.29, 0.717) is 0 Å². The molecule has 0 aliphatic carbocycles. The van der Waals surface area contributed by atoms with Crippen LogP contribution in [-0.4, -0.2) is 48.9 Å². The lowest BCUT2D eigenvalue weighted by Crippen LogP contribution is -2.60. The smallest absolute Gasteiger partial charge is 0.336 e. The van der Waals surface area contributed by atoms with Crippen LogP contribution in [0.3, 0.4) is 0 Å². The number of ether oxygens (including phenoxy) is 1. The highest BCUT2D eigenvalue weighted by Gasteiger charge is 2.68. The van der Waals surface area contributed by atoms with Crippen LogP contribution in [0, 0.1) is 0 Å². The van der Waals surface area contributed by atoms with Gasteiger partial charge >= 0.3 is 5.97 Å². The van der Waals surface area contributed by atoms with Crippen LogP contribution in [-0.2, 0) is 36.9 Å². The van der Waals surface area contributed by atoms with Gasteiger partial charge in [0.2, 0.25) is 16.0 Å². The Morgan fingerprint density at radius 2 is 2.11 bits per heavy atom. The highest BCUT2D eigenvalue weighted by molar-refractivity contribution is 7.94. The van der Waals surface area contributed by atoms with E-state index in [1.165, 1.54) is 11.8 Å². The first-order valence-corrected chi connectivity index (χ1v) is 10.2. The van der Waals surface area contributed by atoms with E-state index in [2.05, 4.69) is 5.32 Å². The van der Waals surface area contributed by atoms with Crippen molar-refractivity contribution in [1.82, 2.24) is 10.2 Å². The van der Waals surface area contributed by atoms with E-state index >= 15 is 0 Å². The Morgan fingerprint density at radius 3 is 2.70 bits per heavy atom. The first-order chi connectivity index (χ1) is 12.7. The van der Waals surface area contributed by atoms with Gasteiger partial charge in [-0.15, -0.1) is 0 Å². The van der Waals surface area contributed by atoms with Gasteiger partial charge in [-0.3, -0.25) is 9.59 Å². The molecule has 0 radical (unpaired) electrons. The molecule has 1 aromatic rings. The summed E-state index contributed by atoms with van der Waals surface area (Å²) in [7, 11) is 0. The van der Waals surface area contributed by atoms with Crippen molar-refractivity contribution < 1.29 is 23.7 Å². The Labute approximate surface area is 165 Å². The second-order valence-corrected chi connectivity index (χ2v) is 9.71. The van der Waals surface area contributed by atoms with E-state index in [4.69, 9.17) is 16.3 Å². The maximum Gasteiger partial charge on any atom is 0.336 e. The van der Waals surface area contributed by atoms with Gasteiger partial charge in [0, 0.05) is 32.7 Å². The largest absolute Gasteiger partial charge is 0.613 e. The van der Waals surface area contributed by atoms with Crippen molar-refractivity contribution in [2.75, 3.05) is 0 Å². The molecule has 5 unspecified atom stereocenters. The molecule has 2 aliphatic rings. The third kappa shape index (κ3) is 3.79. The summed E-state index contributed by atoms with van der Waals surface area (Å²) in [5.74, 6) is -1.25. The molecular weight excluding hydrogens is 392 g/mol. The number of β-lactam (4-membered cyclic amide) rings is 1. The van der Waals surface area contributed by atoms with Crippen molar-refractivity contribution in [3.63, 3.8) is 0 Å². The molecule has 1 aromatic carbocycles. The number of alkyl halides is 1. The predicted octanol–water partition coefficient (Wildman–Crippen LogP) is 1.27. The standard InChI is InChI=1S/C18H21ClN2O5S/c1-11(22)20-12(2)27(25)18(19)9-14-8-15(23)21(14)16(18)17(24)26-10-13-6-4-3-5-7-13/h3-7,12,14,16H,8-10H2,1-2H3,(H,20,22). The second-order valence-electron chi connectivity index (χ2n) is 6.79. The molecule has 27 heavy (non-hydrogen) atoms. The lowest BCUT2D eigenvalue weighted by Gasteiger charge is -2.38. The van der Waals surface area contributed by atoms with Gasteiger partial charge in [-0.2, -0.15) is 0 Å². The number of amides is 2. The number of hydrogen-bond donors (Lipinski definition) is 1. The summed E-state index contributed by atoms with van der Waals surface area (Å²) in [4.78, 5) is 37.5. The minimum atomic E-state index is -1.80. The molecule has 146 valence electrons. The van der Waals surface area contributed by atoms with Crippen LogP contribution in [0.4, 0.5) is 0 Å². The molecule has 3 rings (SSSR count). The van der Waals surface area contributed by atoms with Gasteiger partial charge < -0.3 is 19.5 Å². The van der Waals surface area contributed by atoms with Crippen LogP contribution in [0.15, 0.2) is 30.3 Å². The van der Waals surface area contributed by atoms with Crippen molar-refractivity contribution in [2.24, 2.45) is 0 Å². The van der Waals surface area contributed by atoms with Crippen LogP contribution in [0.25, 0.3) is 0 Å². The third-order valence-corrected chi connectivity index (χ3v) is 7.44. The average Bonchev–Trinajstić information content (AvgIpc) is 2.87. The summed E-state index contributed by atoms with van der Waals surface area (Å²) in [6, 6.07) is 7.73. The normalized spacial score (nSPS) is 28.7. The summed E-state index contributed by atoms with van der Waals surface area (Å²) in [5.41, 5.74) is 0.795. The van der Waals surface area contributed by atoms with Crippen molar-refractivity contribution in [2.45, 2.75) is 55.0 Å². The van der Waals surface area contributed by atoms with Crippen LogP contribution >= 0.6 is 11.6 Å². The van der Waals surface area contributed by atoms with E-state index in [0.717, 1.165) is 5.56 Å². The first kappa shape index (κ1) is 20.0. The quantitative estimate of drug-likeness (QED) is 0.328. The van der Waals surface area contributed by atoms with Crippen molar-refractivity contribution in [3.8, 4) is 0 Å². The Hall–Kier alpha value is -1.77. The fraction of sp³-hybridized carbons (Fsp3) is 0.500. The predicted molar refractivity (Wildman–Crippen MR) is 99.9 cm³/mol. The average molecular weight is 413 g/mol. The number of carbonyl (C=O) groups is 3. The molecule has 0 saturated carbocycles. The zero-order chi connectivity index (χ0) is 19.8. The fourth-order valence-electron chi connectivity index (χ4n) is 3.59. The summed E-state index contributed by atoms with van der Waals surface area (Å²) in [6.07, 6.45) is 0.477. The van der Waals surface area contributed by atoms with E-state index < -0.39 is 32.8 Å². The van der Waals surface area contributed by atoms with Crippen molar-refractivity contribution in [3.05, 3.63) is 35.9 Å². The van der Waals surface area contributed by atoms with Gasteiger partial charge in [-0.05, 0) is 16.7 Å². The molecular formula is C18H21ClN2O5S. The van der Waals surface area contributed by atoms with Gasteiger partial charge in [0.1, 0.15) is 6.61 Å². The molecule has 2 saturated heterocycles. The highest BCUT2D eigenvalue weighted by Crippen LogP contribution is 2.49. The maximum atomic E-state index is 13.0. The van der Waals surface area contributed by atoms with Gasteiger partial charge in [0.05, 0.1) is 0 Å². The number of rotatable bonds is 6. The van der Waals surface area contributed by atoms with Gasteiger partial charge in [0.25, 0.3) is 0 Å². The van der Waals surface area contributed by atoms with E-state index in [9.17, 15) is 18.9 Å². The molecule has 0 spiro atoms. The van der Waals surface area contributed by atoms with Crippen LogP contribution in [0.5, 0.6) is 0 Å². The number of benzene rings is 1. The summed E-state index contributed by atoms with van der Waals surface area (Å²) < 4.78 is 16.9. The molecule has 2 aliphatic heterocycles. The van der Waals surface area contributed by atoms with Gasteiger partial charge in [-0.1, -0.05) is 41.9 Å². The molecule has 0 aromatic heterocycles. The van der Waals surface area contributed by atoms with Crippen molar-refractivity contribution in [1.29, 1.82) is 0 Å². The zero-order valence-corrected chi connectivity index (χ0v) is 16.6. The Bertz CT molecular complexity index is 749. The monoisotopic (exact) mass is 412 g/mol. The minimum Gasteiger partial charge on any atom is -0.613 e. The highest BCUT2D eigenvalue weighted by atomic mass is 35.5. The number of halogens is 1. The lowest BCUT2D eigenvalue weighted by atomic mass is 10.0. The van der Waals surface area contributed by atoms with E-state index in [1.54, 1.807) is 6.92 Å². The van der Waals surface area contributed by atoms with Gasteiger partial charge in [0.15, 0.2) is 11.4 Å². The Kier molecular flexibility index (Phi) is 5.69. The fourth-order valence-corrected chi connectivity index (χ4v) is 6.01. The lowest BCUT2D eigenvalue weighted by molar-refractivity contribution is -0.161. The molecule has 2 fully saturated rings. The summed E-state index contributed by atoms with van der Waals surface area (Å²) in [6.45, 7) is 2.90. The number of hydrogen-bond acceptors (Lipinski definition) is 5. The number of esters is 1. The number of fused-ring (bicyclic) bond motifs is 1. The van der Waals surface area contributed by atoms with E-state index in [-0.39, 0.29) is 37.3 Å². The number of nitrogens with one attached hydrogen (secondary N) is 1. The van der Waals surface area contributed by atoms with Crippen LogP contribution < -0.4 is 5.32 Å². The Morgan fingerprint density at radius 1 is 1.44 bits per heavy atom. The minimum absolute atomic E-state index is 0.0315. The molecule has 1 N–H and O–H groups in total. The summed E-state index contributed by atoms with van der Waals surface area (Å²) in [5, 5.41) is 1.78.